The van der Waals surface area contributed by atoms with Crippen LogP contribution in [0.25, 0.3) is 0 Å². The average Bonchev–Trinajstić information content (AvgIpc) is 2.85. The van der Waals surface area contributed by atoms with E-state index in [1.54, 1.807) is 7.11 Å². The Hall–Kier alpha value is -0.200. The quantitative estimate of drug-likeness (QED) is 0.558. The molecule has 1 fully saturated rings. The number of hydrogen-bond donors (Lipinski definition) is 2. The highest BCUT2D eigenvalue weighted by molar-refractivity contribution is 4.70. The normalized spacial score (nSPS) is 23.2. The lowest BCUT2D eigenvalue weighted by molar-refractivity contribution is -0.0574. The van der Waals surface area contributed by atoms with Gasteiger partial charge in [0.25, 0.3) is 0 Å². The summed E-state index contributed by atoms with van der Waals surface area (Å²) in [5.41, 5.74) is 0. The summed E-state index contributed by atoms with van der Waals surface area (Å²) in [7, 11) is 1.64. The van der Waals surface area contributed by atoms with Crippen molar-refractivity contribution < 1.29 is 19.3 Å². The monoisotopic (exact) mass is 261 g/mol. The first-order chi connectivity index (χ1) is 8.72. The Balaban J connectivity index is 1.91. The maximum absolute atomic E-state index is 9.66. The molecule has 108 valence electrons. The maximum Gasteiger partial charge on any atom is 0.101 e. The molecule has 0 aromatic heterocycles. The number of nitrogens with one attached hydrogen (secondary N) is 1. The zero-order chi connectivity index (χ0) is 13.2. The van der Waals surface area contributed by atoms with Gasteiger partial charge in [0.1, 0.15) is 6.10 Å². The van der Waals surface area contributed by atoms with Crippen LogP contribution < -0.4 is 5.32 Å². The Kier molecular flexibility index (Phi) is 8.54. The molecule has 0 spiro atoms. The Bertz CT molecular complexity index is 197. The summed E-state index contributed by atoms with van der Waals surface area (Å²) < 4.78 is 15.8. The van der Waals surface area contributed by atoms with Crippen LogP contribution in [0.2, 0.25) is 0 Å². The predicted molar refractivity (Wildman–Crippen MR) is 69.7 cm³/mol. The second kappa shape index (κ2) is 9.69. The third kappa shape index (κ3) is 7.28. The van der Waals surface area contributed by atoms with Crippen LogP contribution in [0.4, 0.5) is 0 Å². The van der Waals surface area contributed by atoms with Crippen molar-refractivity contribution in [1.82, 2.24) is 5.32 Å². The molecule has 5 nitrogen and oxygen atoms in total. The Labute approximate surface area is 110 Å². The van der Waals surface area contributed by atoms with Gasteiger partial charge in [-0.05, 0) is 38.8 Å². The second-order valence-corrected chi connectivity index (χ2v) is 4.98. The van der Waals surface area contributed by atoms with Crippen LogP contribution in [0.5, 0.6) is 0 Å². The standard InChI is InChI=1S/C13H27NO4/c1-11(8-16-2)18-10-13(15)9-17-6-4-12-3-5-14-7-12/h11-15H,3-10H2,1-2H3. The second-order valence-electron chi connectivity index (χ2n) is 4.98. The van der Waals surface area contributed by atoms with Crippen molar-refractivity contribution in [3.8, 4) is 0 Å². The van der Waals surface area contributed by atoms with Gasteiger partial charge in [0.05, 0.1) is 25.9 Å². The summed E-state index contributed by atoms with van der Waals surface area (Å²) >= 11 is 0. The maximum atomic E-state index is 9.66. The molecule has 2 N–H and O–H groups in total. The zero-order valence-corrected chi connectivity index (χ0v) is 11.6. The van der Waals surface area contributed by atoms with Gasteiger partial charge in [0.15, 0.2) is 0 Å². The molecule has 1 aliphatic heterocycles. The summed E-state index contributed by atoms with van der Waals surface area (Å²) in [5.74, 6) is 0.736. The fourth-order valence-corrected chi connectivity index (χ4v) is 2.04. The summed E-state index contributed by atoms with van der Waals surface area (Å²) in [6, 6.07) is 0. The van der Waals surface area contributed by atoms with Crippen LogP contribution in [0.3, 0.4) is 0 Å². The van der Waals surface area contributed by atoms with E-state index < -0.39 is 6.10 Å². The number of ether oxygens (including phenoxy) is 3. The first kappa shape index (κ1) is 15.9. The van der Waals surface area contributed by atoms with Crippen molar-refractivity contribution in [3.63, 3.8) is 0 Å². The molecule has 1 heterocycles. The molecular formula is C13H27NO4. The van der Waals surface area contributed by atoms with E-state index in [1.807, 2.05) is 6.92 Å². The molecular weight excluding hydrogens is 234 g/mol. The number of hydrogen-bond acceptors (Lipinski definition) is 5. The molecule has 1 aliphatic rings. The van der Waals surface area contributed by atoms with E-state index in [0.29, 0.717) is 19.8 Å². The molecule has 0 saturated carbocycles. The van der Waals surface area contributed by atoms with Crippen LogP contribution in [-0.2, 0) is 14.2 Å². The lowest BCUT2D eigenvalue weighted by atomic mass is 10.1. The first-order valence-electron chi connectivity index (χ1n) is 6.79. The summed E-state index contributed by atoms with van der Waals surface area (Å²) in [5, 5.41) is 13.0. The van der Waals surface area contributed by atoms with Crippen LogP contribution >= 0.6 is 0 Å². The minimum Gasteiger partial charge on any atom is -0.388 e. The van der Waals surface area contributed by atoms with E-state index in [2.05, 4.69) is 5.32 Å². The van der Waals surface area contributed by atoms with Gasteiger partial charge in [-0.2, -0.15) is 0 Å². The highest BCUT2D eigenvalue weighted by Gasteiger charge is 2.14. The molecule has 0 amide bonds. The predicted octanol–water partition coefficient (Wildman–Crippen LogP) is 0.415. The van der Waals surface area contributed by atoms with Crippen molar-refractivity contribution >= 4 is 0 Å². The van der Waals surface area contributed by atoms with E-state index in [1.165, 1.54) is 6.42 Å². The van der Waals surface area contributed by atoms with Gasteiger partial charge < -0.3 is 24.6 Å². The van der Waals surface area contributed by atoms with Crippen molar-refractivity contribution in [2.45, 2.75) is 32.0 Å². The van der Waals surface area contributed by atoms with E-state index in [4.69, 9.17) is 14.2 Å². The Morgan fingerprint density at radius 3 is 2.83 bits per heavy atom. The third-order valence-corrected chi connectivity index (χ3v) is 3.12. The third-order valence-electron chi connectivity index (χ3n) is 3.12. The van der Waals surface area contributed by atoms with Gasteiger partial charge in [-0.15, -0.1) is 0 Å². The van der Waals surface area contributed by atoms with E-state index in [0.717, 1.165) is 32.0 Å². The molecule has 18 heavy (non-hydrogen) atoms. The molecule has 1 rings (SSSR count). The SMILES string of the molecule is COCC(C)OCC(O)COCCC1CCNC1. The van der Waals surface area contributed by atoms with Gasteiger partial charge in [0.2, 0.25) is 0 Å². The smallest absolute Gasteiger partial charge is 0.101 e. The number of methoxy groups -OCH3 is 1. The average molecular weight is 261 g/mol. The van der Waals surface area contributed by atoms with Crippen molar-refractivity contribution in [3.05, 3.63) is 0 Å². The summed E-state index contributed by atoms with van der Waals surface area (Å²) in [6.07, 6.45) is 1.77. The largest absolute Gasteiger partial charge is 0.388 e. The number of aliphatic hydroxyl groups is 1. The van der Waals surface area contributed by atoms with Crippen LogP contribution in [-0.4, -0.2) is 63.9 Å². The summed E-state index contributed by atoms with van der Waals surface area (Å²) in [4.78, 5) is 0. The molecule has 0 aromatic carbocycles. The van der Waals surface area contributed by atoms with Crippen LogP contribution in [0.1, 0.15) is 19.8 Å². The lowest BCUT2D eigenvalue weighted by Crippen LogP contribution is -2.26. The van der Waals surface area contributed by atoms with Gasteiger partial charge in [0, 0.05) is 13.7 Å². The van der Waals surface area contributed by atoms with Gasteiger partial charge in [-0.3, -0.25) is 0 Å². The van der Waals surface area contributed by atoms with Crippen molar-refractivity contribution in [2.75, 3.05) is 46.6 Å². The molecule has 0 aromatic rings. The first-order valence-corrected chi connectivity index (χ1v) is 6.79. The molecule has 3 unspecified atom stereocenters. The Morgan fingerprint density at radius 1 is 1.33 bits per heavy atom. The Morgan fingerprint density at radius 2 is 2.17 bits per heavy atom. The molecule has 0 aliphatic carbocycles. The molecule has 3 atom stereocenters. The fourth-order valence-electron chi connectivity index (χ4n) is 2.04. The van der Waals surface area contributed by atoms with Gasteiger partial charge >= 0.3 is 0 Å². The van der Waals surface area contributed by atoms with Crippen molar-refractivity contribution in [1.29, 1.82) is 0 Å². The topological polar surface area (TPSA) is 60.0 Å². The molecule has 0 bridgehead atoms. The van der Waals surface area contributed by atoms with Crippen molar-refractivity contribution in [2.24, 2.45) is 5.92 Å². The fraction of sp³-hybridized carbons (Fsp3) is 1.00. The minimum atomic E-state index is -0.550. The highest BCUT2D eigenvalue weighted by atomic mass is 16.5. The summed E-state index contributed by atoms with van der Waals surface area (Å²) in [6.45, 7) is 6.06. The highest BCUT2D eigenvalue weighted by Crippen LogP contribution is 2.11. The number of rotatable bonds is 10. The van der Waals surface area contributed by atoms with Gasteiger partial charge in [-0.25, -0.2) is 0 Å². The molecule has 5 heteroatoms. The minimum absolute atomic E-state index is 0.00853. The lowest BCUT2D eigenvalue weighted by Gasteiger charge is -2.16. The van der Waals surface area contributed by atoms with E-state index in [9.17, 15) is 5.11 Å². The van der Waals surface area contributed by atoms with Crippen LogP contribution in [0, 0.1) is 5.92 Å². The van der Waals surface area contributed by atoms with Gasteiger partial charge in [-0.1, -0.05) is 0 Å². The number of aliphatic hydroxyl groups excluding tert-OH is 1. The molecule has 1 saturated heterocycles. The zero-order valence-electron chi connectivity index (χ0n) is 11.6. The van der Waals surface area contributed by atoms with E-state index >= 15 is 0 Å². The van der Waals surface area contributed by atoms with Crippen LogP contribution in [0.15, 0.2) is 0 Å². The molecule has 0 radical (unpaired) electrons. The van der Waals surface area contributed by atoms with E-state index in [-0.39, 0.29) is 6.10 Å².